The maximum Gasteiger partial charge on any atom is 0.302 e. The summed E-state index contributed by atoms with van der Waals surface area (Å²) >= 11 is 0. The third-order valence-corrected chi connectivity index (χ3v) is 2.71. The Hall–Kier alpha value is -0.140. The number of rotatable bonds is 2. The first-order valence-corrected chi connectivity index (χ1v) is 4.93. The smallest absolute Gasteiger partial charge is 0.302 e. The summed E-state index contributed by atoms with van der Waals surface area (Å²) in [6.07, 6.45) is 4.34. The van der Waals surface area contributed by atoms with Crippen LogP contribution < -0.4 is 5.09 Å². The Bertz CT molecular complexity index is 155. The molecule has 1 aliphatic rings. The van der Waals surface area contributed by atoms with Crippen LogP contribution in [0.3, 0.4) is 0 Å². The van der Waals surface area contributed by atoms with Crippen molar-refractivity contribution < 1.29 is 9.53 Å². The first-order chi connectivity index (χ1) is 5.72. The fraction of sp³-hybridized carbons (Fsp3) is 0.875. The van der Waals surface area contributed by atoms with Crippen molar-refractivity contribution in [1.82, 2.24) is 5.09 Å². The van der Waals surface area contributed by atoms with Crippen molar-refractivity contribution >= 4 is 15.4 Å². The molecule has 0 amide bonds. The van der Waals surface area contributed by atoms with Crippen molar-refractivity contribution in [3.05, 3.63) is 0 Å². The number of carbonyl (C=O) groups excluding carboxylic acids is 1. The lowest BCUT2D eigenvalue weighted by atomic mass is 9.94. The summed E-state index contributed by atoms with van der Waals surface area (Å²) in [7, 11) is 2.53. The van der Waals surface area contributed by atoms with Crippen LogP contribution in [0.1, 0.15) is 32.6 Å². The van der Waals surface area contributed by atoms with Gasteiger partial charge in [0.25, 0.3) is 0 Å². The molecule has 1 atom stereocenters. The van der Waals surface area contributed by atoms with Crippen molar-refractivity contribution in [2.24, 2.45) is 0 Å². The van der Waals surface area contributed by atoms with E-state index in [-0.39, 0.29) is 12.1 Å². The first-order valence-electron chi connectivity index (χ1n) is 4.35. The van der Waals surface area contributed by atoms with Gasteiger partial charge in [-0.2, -0.15) is 0 Å². The second-order valence-corrected chi connectivity index (χ2v) is 3.58. The van der Waals surface area contributed by atoms with E-state index in [2.05, 4.69) is 14.5 Å². The van der Waals surface area contributed by atoms with Gasteiger partial charge in [0.2, 0.25) is 0 Å². The second kappa shape index (κ2) is 4.78. The van der Waals surface area contributed by atoms with Crippen molar-refractivity contribution in [3.8, 4) is 0 Å². The molecule has 0 saturated heterocycles. The molecule has 1 saturated carbocycles. The van der Waals surface area contributed by atoms with E-state index in [1.807, 2.05) is 0 Å². The largest absolute Gasteiger partial charge is 0.463 e. The fourth-order valence-electron chi connectivity index (χ4n) is 1.58. The number of esters is 1. The predicted octanol–water partition coefficient (Wildman–Crippen LogP) is 1.24. The summed E-state index contributed by atoms with van der Waals surface area (Å²) in [6.45, 7) is 1.47. The molecule has 0 radical (unpaired) electrons. The second-order valence-electron chi connectivity index (χ2n) is 3.25. The Kier molecular flexibility index (Phi) is 3.96. The third-order valence-electron chi connectivity index (χ3n) is 2.24. The van der Waals surface area contributed by atoms with Gasteiger partial charge in [-0.05, 0) is 25.7 Å². The maximum absolute atomic E-state index is 10.6. The molecule has 0 aromatic carbocycles. The number of carbonyl (C=O) groups is 1. The predicted molar refractivity (Wildman–Crippen MR) is 50.7 cm³/mol. The van der Waals surface area contributed by atoms with Crippen LogP contribution in [0.4, 0.5) is 0 Å². The van der Waals surface area contributed by atoms with E-state index in [1.54, 1.807) is 0 Å². The maximum atomic E-state index is 10.6. The fourth-order valence-corrected chi connectivity index (χ4v) is 1.92. The molecule has 0 aromatic rings. The van der Waals surface area contributed by atoms with E-state index < -0.39 is 0 Å². The lowest BCUT2D eigenvalue weighted by molar-refractivity contribution is -0.147. The van der Waals surface area contributed by atoms with Crippen LogP contribution in [0.5, 0.6) is 0 Å². The van der Waals surface area contributed by atoms with Gasteiger partial charge < -0.3 is 4.74 Å². The molecule has 0 spiro atoms. The Morgan fingerprint density at radius 1 is 1.42 bits per heavy atom. The molecule has 0 bridgehead atoms. The van der Waals surface area contributed by atoms with Crippen LogP contribution in [0, 0.1) is 0 Å². The van der Waals surface area contributed by atoms with E-state index in [0.29, 0.717) is 6.04 Å². The highest BCUT2D eigenvalue weighted by Gasteiger charge is 2.21. The van der Waals surface area contributed by atoms with E-state index in [1.165, 1.54) is 6.92 Å². The van der Waals surface area contributed by atoms with E-state index in [0.717, 1.165) is 25.7 Å². The number of hydrogen-bond donors (Lipinski definition) is 1. The minimum atomic E-state index is -0.155. The summed E-state index contributed by atoms with van der Waals surface area (Å²) in [6, 6.07) is 0.585. The molecule has 0 heterocycles. The van der Waals surface area contributed by atoms with Crippen LogP contribution >= 0.6 is 9.39 Å². The molecule has 12 heavy (non-hydrogen) atoms. The summed E-state index contributed by atoms with van der Waals surface area (Å²) < 4.78 is 5.11. The lowest BCUT2D eigenvalue weighted by Gasteiger charge is -2.27. The monoisotopic (exact) mass is 189 g/mol. The van der Waals surface area contributed by atoms with Crippen molar-refractivity contribution in [2.75, 3.05) is 0 Å². The number of hydrogen-bond acceptors (Lipinski definition) is 3. The number of ether oxygens (including phenoxy) is 1. The van der Waals surface area contributed by atoms with Crippen molar-refractivity contribution in [1.29, 1.82) is 0 Å². The van der Waals surface area contributed by atoms with Crippen LogP contribution in [-0.4, -0.2) is 18.1 Å². The summed E-state index contributed by atoms with van der Waals surface area (Å²) in [5, 5.41) is 3.15. The van der Waals surface area contributed by atoms with Gasteiger partial charge in [0.1, 0.15) is 6.10 Å². The van der Waals surface area contributed by atoms with Gasteiger partial charge in [-0.3, -0.25) is 9.88 Å². The minimum absolute atomic E-state index is 0.155. The molecule has 0 aliphatic heterocycles. The Morgan fingerprint density at radius 3 is 2.42 bits per heavy atom. The Balaban J connectivity index is 2.21. The SMILES string of the molecule is CC(=O)OC1CCC(NP)CC1. The van der Waals surface area contributed by atoms with Crippen LogP contribution in [0.2, 0.25) is 0 Å². The summed E-state index contributed by atoms with van der Waals surface area (Å²) in [5.74, 6) is -0.155. The highest BCUT2D eigenvalue weighted by atomic mass is 31.0. The molecule has 70 valence electrons. The van der Waals surface area contributed by atoms with E-state index >= 15 is 0 Å². The molecular weight excluding hydrogens is 173 g/mol. The van der Waals surface area contributed by atoms with Crippen LogP contribution in [0.15, 0.2) is 0 Å². The Morgan fingerprint density at radius 2 is 2.00 bits per heavy atom. The summed E-state index contributed by atoms with van der Waals surface area (Å²) in [4.78, 5) is 10.6. The van der Waals surface area contributed by atoms with Crippen molar-refractivity contribution in [3.63, 3.8) is 0 Å². The number of nitrogens with one attached hydrogen (secondary N) is 1. The minimum Gasteiger partial charge on any atom is -0.463 e. The third kappa shape index (κ3) is 3.08. The zero-order chi connectivity index (χ0) is 8.97. The van der Waals surface area contributed by atoms with Crippen molar-refractivity contribution in [2.45, 2.75) is 44.8 Å². The molecule has 1 aliphatic carbocycles. The lowest BCUT2D eigenvalue weighted by Crippen LogP contribution is -2.31. The van der Waals surface area contributed by atoms with Gasteiger partial charge in [-0.1, -0.05) is 9.39 Å². The van der Waals surface area contributed by atoms with Crippen LogP contribution in [0.25, 0.3) is 0 Å². The normalized spacial score (nSPS) is 29.8. The molecular formula is C8H16NO2P. The molecule has 1 fully saturated rings. The molecule has 1 N–H and O–H groups in total. The van der Waals surface area contributed by atoms with E-state index in [4.69, 9.17) is 4.74 Å². The molecule has 3 nitrogen and oxygen atoms in total. The standard InChI is InChI=1S/C8H16NO2P/c1-6(10)11-8-4-2-7(9-12)3-5-8/h7-9H,2-5,12H2,1H3. The highest BCUT2D eigenvalue weighted by molar-refractivity contribution is 7.13. The molecule has 1 unspecified atom stereocenters. The van der Waals surface area contributed by atoms with Gasteiger partial charge in [0.05, 0.1) is 0 Å². The van der Waals surface area contributed by atoms with Gasteiger partial charge >= 0.3 is 5.97 Å². The highest BCUT2D eigenvalue weighted by Crippen LogP contribution is 2.21. The summed E-state index contributed by atoms with van der Waals surface area (Å²) in [5.41, 5.74) is 0. The molecule has 1 rings (SSSR count). The first kappa shape index (κ1) is 9.94. The average Bonchev–Trinajstić information content (AvgIpc) is 2.05. The van der Waals surface area contributed by atoms with E-state index in [9.17, 15) is 4.79 Å². The topological polar surface area (TPSA) is 38.3 Å². The molecule has 0 aromatic heterocycles. The zero-order valence-electron chi connectivity index (χ0n) is 7.38. The molecule has 4 heteroatoms. The van der Waals surface area contributed by atoms with Gasteiger partial charge in [0, 0.05) is 13.0 Å². The van der Waals surface area contributed by atoms with Gasteiger partial charge in [-0.25, -0.2) is 0 Å². The van der Waals surface area contributed by atoms with Gasteiger partial charge in [-0.15, -0.1) is 0 Å². The zero-order valence-corrected chi connectivity index (χ0v) is 8.53. The van der Waals surface area contributed by atoms with Gasteiger partial charge in [0.15, 0.2) is 0 Å². The van der Waals surface area contributed by atoms with Crippen LogP contribution in [-0.2, 0) is 9.53 Å². The average molecular weight is 189 g/mol. The Labute approximate surface area is 75.5 Å². The quantitative estimate of drug-likeness (QED) is 0.524.